The van der Waals surface area contributed by atoms with Gasteiger partial charge >= 0.3 is 5.97 Å². The van der Waals surface area contributed by atoms with Crippen molar-refractivity contribution in [3.63, 3.8) is 0 Å². The van der Waals surface area contributed by atoms with Gasteiger partial charge < -0.3 is 25.3 Å². The van der Waals surface area contributed by atoms with Crippen molar-refractivity contribution in [3.05, 3.63) is 23.3 Å². The second kappa shape index (κ2) is 8.65. The quantitative estimate of drug-likeness (QED) is 0.345. The summed E-state index contributed by atoms with van der Waals surface area (Å²) in [4.78, 5) is 41.6. The summed E-state index contributed by atoms with van der Waals surface area (Å²) in [5.74, 6) is -2.12. The Morgan fingerprint density at radius 3 is 2.79 bits per heavy atom. The summed E-state index contributed by atoms with van der Waals surface area (Å²) in [6.07, 6.45) is 4.31. The molecule has 3 saturated heterocycles. The van der Waals surface area contributed by atoms with Gasteiger partial charge in [0.15, 0.2) is 0 Å². The molecule has 0 bridgehead atoms. The van der Waals surface area contributed by atoms with Gasteiger partial charge in [-0.25, -0.2) is 9.36 Å². The maximum absolute atomic E-state index is 13.2. The van der Waals surface area contributed by atoms with Gasteiger partial charge in [0, 0.05) is 40.7 Å². The number of carbonyl (C=O) groups is 3. The number of amides is 2. The second-order valence-electron chi connectivity index (χ2n) is 9.83. The molecule has 0 spiro atoms. The number of carboxylic acid groups (broad SMARTS) is 1. The third-order valence-corrected chi connectivity index (χ3v) is 9.02. The number of β-lactam (4-membered cyclic amide) rings is 1. The van der Waals surface area contributed by atoms with Gasteiger partial charge in [-0.15, -0.1) is 16.4 Å². The highest BCUT2D eigenvalue weighted by atomic mass is 32.2. The molecule has 12 heteroatoms. The van der Waals surface area contributed by atoms with E-state index in [1.54, 1.807) is 13.3 Å². The fraction of sp³-hybridized carbons (Fsp3) is 0.682. The molecule has 5 heterocycles. The van der Waals surface area contributed by atoms with Crippen molar-refractivity contribution in [1.82, 2.24) is 24.9 Å². The summed E-state index contributed by atoms with van der Waals surface area (Å²) in [6, 6.07) is -0.457. The van der Waals surface area contributed by atoms with E-state index >= 15 is 0 Å². The molecule has 1 aromatic heterocycles. The number of carbonyl (C=O) groups excluding carboxylic acids is 2. The van der Waals surface area contributed by atoms with E-state index in [-0.39, 0.29) is 46.8 Å². The van der Waals surface area contributed by atoms with Crippen molar-refractivity contribution in [1.29, 1.82) is 0 Å². The van der Waals surface area contributed by atoms with Gasteiger partial charge in [0.1, 0.15) is 11.7 Å². The van der Waals surface area contributed by atoms with Gasteiger partial charge in [0.2, 0.25) is 18.1 Å². The van der Waals surface area contributed by atoms with Crippen molar-refractivity contribution in [2.45, 2.75) is 56.2 Å². The number of aromatic nitrogens is 3. The van der Waals surface area contributed by atoms with Crippen LogP contribution < -0.4 is 9.88 Å². The number of hydrogen-bond donors (Lipinski definition) is 3. The Bertz CT molecular complexity index is 1060. The molecule has 7 atom stereocenters. The highest BCUT2D eigenvalue weighted by Crippen LogP contribution is 2.51. The fourth-order valence-electron chi connectivity index (χ4n) is 5.79. The van der Waals surface area contributed by atoms with E-state index in [4.69, 9.17) is 0 Å². The number of carboxylic acids is 1. The van der Waals surface area contributed by atoms with Crippen LogP contribution in [0.5, 0.6) is 0 Å². The number of aryl methyl sites for hydroxylation is 1. The molecular weight excluding hydrogens is 460 g/mol. The zero-order chi connectivity index (χ0) is 24.3. The monoisotopic (exact) mass is 491 g/mol. The highest BCUT2D eigenvalue weighted by molar-refractivity contribution is 8.03. The minimum atomic E-state index is -1.12. The molecule has 6 unspecified atom stereocenters. The van der Waals surface area contributed by atoms with E-state index in [0.717, 1.165) is 6.42 Å². The predicted molar refractivity (Wildman–Crippen MR) is 121 cm³/mol. The zero-order valence-corrected chi connectivity index (χ0v) is 20.3. The van der Waals surface area contributed by atoms with Crippen LogP contribution in [0.4, 0.5) is 0 Å². The van der Waals surface area contributed by atoms with Gasteiger partial charge in [-0.05, 0) is 13.3 Å². The first-order valence-corrected chi connectivity index (χ1v) is 12.6. The lowest BCUT2D eigenvalue weighted by Crippen LogP contribution is -2.63. The molecule has 0 saturated carbocycles. The van der Waals surface area contributed by atoms with Gasteiger partial charge in [0.25, 0.3) is 6.33 Å². The normalized spacial score (nSPS) is 33.9. The SMILES string of the molecule is CC(O)C1C(=O)N2C(C(=O)O)=C(SC3CNC(C(=O)N4CCC(n5c[n+](C)cn5)C4)C3)C(C)[C@H]12. The smallest absolute Gasteiger partial charge is 0.353 e. The number of fused-ring (bicyclic) bond motifs is 1. The predicted octanol–water partition coefficient (Wildman–Crippen LogP) is -0.902. The first kappa shape index (κ1) is 23.3. The molecule has 0 aliphatic carbocycles. The van der Waals surface area contributed by atoms with Crippen LogP contribution in [0.25, 0.3) is 0 Å². The maximum atomic E-state index is 13.2. The zero-order valence-electron chi connectivity index (χ0n) is 19.5. The van der Waals surface area contributed by atoms with Crippen molar-refractivity contribution >= 4 is 29.5 Å². The Labute approximate surface area is 201 Å². The molecule has 1 aromatic rings. The van der Waals surface area contributed by atoms with E-state index in [2.05, 4.69) is 10.4 Å². The minimum absolute atomic E-state index is 0.0307. The van der Waals surface area contributed by atoms with Crippen molar-refractivity contribution < 1.29 is 29.2 Å². The van der Waals surface area contributed by atoms with Gasteiger partial charge in [-0.3, -0.25) is 9.59 Å². The van der Waals surface area contributed by atoms with Crippen molar-refractivity contribution in [2.24, 2.45) is 18.9 Å². The summed E-state index contributed by atoms with van der Waals surface area (Å²) in [5, 5.41) is 27.5. The third kappa shape index (κ3) is 3.72. The molecule has 5 rings (SSSR count). The summed E-state index contributed by atoms with van der Waals surface area (Å²) < 4.78 is 3.79. The number of hydrogen-bond acceptors (Lipinski definition) is 7. The number of thioether (sulfide) groups is 1. The standard InChI is InChI=1S/C22H30N6O5S/c1-11-17-16(12(2)29)21(31)28(17)18(22(32)33)19(11)34-14-6-15(23-7-14)20(30)26-5-4-13(8-26)27-10-25(3)9-24-27/h9-17,23,29H,4-8H2,1-3H3/p+1/t11?,12?,13?,14?,15?,16?,17-/m1/s1. The highest BCUT2D eigenvalue weighted by Gasteiger charge is 2.60. The van der Waals surface area contributed by atoms with Crippen molar-refractivity contribution in [3.8, 4) is 0 Å². The Kier molecular flexibility index (Phi) is 5.93. The van der Waals surface area contributed by atoms with Crippen LogP contribution in [-0.2, 0) is 21.4 Å². The van der Waals surface area contributed by atoms with E-state index in [1.807, 2.05) is 34.4 Å². The Balaban J connectivity index is 1.23. The largest absolute Gasteiger partial charge is 0.477 e. The molecule has 0 aromatic carbocycles. The molecule has 4 aliphatic heterocycles. The first-order chi connectivity index (χ1) is 16.2. The summed E-state index contributed by atoms with van der Waals surface area (Å²) in [5.41, 5.74) is 0.0361. The van der Waals surface area contributed by atoms with Gasteiger partial charge in [0.05, 0.1) is 37.7 Å². The average molecular weight is 492 g/mol. The molecule has 34 heavy (non-hydrogen) atoms. The molecule has 11 nitrogen and oxygen atoms in total. The lowest BCUT2D eigenvalue weighted by atomic mass is 9.79. The maximum Gasteiger partial charge on any atom is 0.353 e. The number of nitrogens with one attached hydrogen (secondary N) is 1. The number of aliphatic carboxylic acids is 1. The topological polar surface area (TPSA) is 132 Å². The molecule has 3 N–H and O–H groups in total. The summed E-state index contributed by atoms with van der Waals surface area (Å²) in [7, 11) is 1.92. The van der Waals surface area contributed by atoms with Crippen LogP contribution in [0.15, 0.2) is 23.3 Å². The second-order valence-corrected chi connectivity index (χ2v) is 11.2. The van der Waals surface area contributed by atoms with Gasteiger partial charge in [-0.2, -0.15) is 0 Å². The Morgan fingerprint density at radius 1 is 1.38 bits per heavy atom. The lowest BCUT2D eigenvalue weighted by molar-refractivity contribution is -0.672. The van der Waals surface area contributed by atoms with Crippen LogP contribution in [-0.4, -0.2) is 90.6 Å². The van der Waals surface area contributed by atoms with Crippen LogP contribution in [0.2, 0.25) is 0 Å². The molecular formula is C22H31N6O5S+. The number of aliphatic hydroxyl groups is 1. The Hall–Kier alpha value is -2.44. The van der Waals surface area contributed by atoms with E-state index < -0.39 is 18.0 Å². The lowest BCUT2D eigenvalue weighted by Gasteiger charge is -2.46. The van der Waals surface area contributed by atoms with E-state index in [1.165, 1.54) is 16.7 Å². The molecule has 2 amide bonds. The van der Waals surface area contributed by atoms with E-state index in [9.17, 15) is 24.6 Å². The molecule has 184 valence electrons. The van der Waals surface area contributed by atoms with Crippen molar-refractivity contribution in [2.75, 3.05) is 19.6 Å². The summed E-state index contributed by atoms with van der Waals surface area (Å²) in [6.45, 7) is 5.40. The number of likely N-dealkylation sites (tertiary alicyclic amines) is 1. The number of rotatable bonds is 6. The van der Waals surface area contributed by atoms with Gasteiger partial charge in [-0.1, -0.05) is 6.92 Å². The Morgan fingerprint density at radius 2 is 2.15 bits per heavy atom. The fourth-order valence-corrected chi connectivity index (χ4v) is 7.27. The third-order valence-electron chi connectivity index (χ3n) is 7.51. The average Bonchev–Trinajstić information content (AvgIpc) is 3.55. The summed E-state index contributed by atoms with van der Waals surface area (Å²) >= 11 is 1.46. The number of aliphatic hydroxyl groups excluding tert-OH is 1. The van der Waals surface area contributed by atoms with E-state index in [0.29, 0.717) is 31.0 Å². The van der Waals surface area contributed by atoms with Crippen LogP contribution in [0.3, 0.4) is 0 Å². The molecule has 4 aliphatic rings. The molecule has 0 radical (unpaired) electrons. The van der Waals surface area contributed by atoms with Crippen LogP contribution >= 0.6 is 11.8 Å². The number of nitrogens with zero attached hydrogens (tertiary/aromatic N) is 5. The molecule has 3 fully saturated rings. The van der Waals surface area contributed by atoms with Crippen LogP contribution in [0.1, 0.15) is 32.7 Å². The first-order valence-electron chi connectivity index (χ1n) is 11.7. The van der Waals surface area contributed by atoms with Crippen LogP contribution in [0, 0.1) is 11.8 Å². The minimum Gasteiger partial charge on any atom is -0.477 e.